The standard InChI is InChI=1S/C7H13NO/c1-8-3-5-2-6(4-8)7(5)9/h5-7,9H,2-4H2,1H3. The molecule has 0 aromatic heterocycles. The van der Waals surface area contributed by atoms with E-state index in [1.54, 1.807) is 0 Å². The maximum atomic E-state index is 9.32. The van der Waals surface area contributed by atoms with Crippen molar-refractivity contribution >= 4 is 0 Å². The van der Waals surface area contributed by atoms with Crippen LogP contribution in [0.4, 0.5) is 0 Å². The van der Waals surface area contributed by atoms with Crippen LogP contribution in [0.2, 0.25) is 0 Å². The van der Waals surface area contributed by atoms with Crippen molar-refractivity contribution in [2.24, 2.45) is 11.8 Å². The van der Waals surface area contributed by atoms with Gasteiger partial charge in [-0.15, -0.1) is 0 Å². The predicted octanol–water partition coefficient (Wildman–Crippen LogP) is -0.0712. The number of aliphatic hydroxyl groups excluding tert-OH is 1. The van der Waals surface area contributed by atoms with E-state index < -0.39 is 0 Å². The van der Waals surface area contributed by atoms with Gasteiger partial charge in [0.25, 0.3) is 0 Å². The summed E-state index contributed by atoms with van der Waals surface area (Å²) in [6.07, 6.45) is 1.31. The van der Waals surface area contributed by atoms with Crippen LogP contribution < -0.4 is 0 Å². The fraction of sp³-hybridized carbons (Fsp3) is 1.00. The van der Waals surface area contributed by atoms with Gasteiger partial charge in [-0.3, -0.25) is 0 Å². The number of hydrogen-bond acceptors (Lipinski definition) is 2. The summed E-state index contributed by atoms with van der Waals surface area (Å²) in [6.45, 7) is 2.22. The molecule has 2 atom stereocenters. The molecule has 2 aliphatic heterocycles. The Morgan fingerprint density at radius 2 is 1.89 bits per heavy atom. The monoisotopic (exact) mass is 127 g/mol. The molecule has 1 saturated carbocycles. The molecule has 0 spiro atoms. The maximum absolute atomic E-state index is 9.32. The minimum Gasteiger partial charge on any atom is -0.392 e. The van der Waals surface area contributed by atoms with Gasteiger partial charge in [0.15, 0.2) is 0 Å². The molecule has 2 saturated heterocycles. The topological polar surface area (TPSA) is 23.5 Å². The third kappa shape index (κ3) is 0.700. The van der Waals surface area contributed by atoms with Crippen LogP contribution in [0.3, 0.4) is 0 Å². The molecular weight excluding hydrogens is 114 g/mol. The number of hydrogen-bond donors (Lipinski definition) is 1. The van der Waals surface area contributed by atoms with Crippen molar-refractivity contribution in [2.75, 3.05) is 20.1 Å². The molecule has 3 fully saturated rings. The first-order valence-corrected chi connectivity index (χ1v) is 3.64. The van der Waals surface area contributed by atoms with E-state index in [0.717, 1.165) is 13.1 Å². The SMILES string of the molecule is CN1CC2CC(C1)C2O. The fourth-order valence-corrected chi connectivity index (χ4v) is 2.10. The first-order chi connectivity index (χ1) is 4.27. The van der Waals surface area contributed by atoms with E-state index >= 15 is 0 Å². The quantitative estimate of drug-likeness (QED) is 0.492. The zero-order valence-corrected chi connectivity index (χ0v) is 5.75. The Kier molecular flexibility index (Phi) is 1.08. The van der Waals surface area contributed by atoms with Crippen LogP contribution in [0, 0.1) is 11.8 Å². The van der Waals surface area contributed by atoms with Crippen molar-refractivity contribution in [1.82, 2.24) is 4.90 Å². The zero-order chi connectivity index (χ0) is 6.43. The van der Waals surface area contributed by atoms with Gasteiger partial charge >= 0.3 is 0 Å². The predicted molar refractivity (Wildman–Crippen MR) is 35.1 cm³/mol. The number of fused-ring (bicyclic) bond motifs is 2. The van der Waals surface area contributed by atoms with Gasteiger partial charge in [-0.25, -0.2) is 0 Å². The van der Waals surface area contributed by atoms with Crippen LogP contribution in [-0.2, 0) is 0 Å². The molecule has 2 nitrogen and oxygen atoms in total. The molecule has 2 heterocycles. The van der Waals surface area contributed by atoms with Crippen LogP contribution in [0.25, 0.3) is 0 Å². The molecule has 0 amide bonds. The molecule has 3 rings (SSSR count). The smallest absolute Gasteiger partial charge is 0.0621 e. The van der Waals surface area contributed by atoms with Crippen LogP contribution in [0.15, 0.2) is 0 Å². The Morgan fingerprint density at radius 1 is 1.33 bits per heavy atom. The Bertz CT molecular complexity index is 114. The average Bonchev–Trinajstić information content (AvgIpc) is 1.87. The summed E-state index contributed by atoms with van der Waals surface area (Å²) in [6, 6.07) is 0. The number of aliphatic hydroxyl groups is 1. The van der Waals surface area contributed by atoms with Crippen molar-refractivity contribution in [3.63, 3.8) is 0 Å². The van der Waals surface area contributed by atoms with E-state index in [4.69, 9.17) is 0 Å². The summed E-state index contributed by atoms with van der Waals surface area (Å²) >= 11 is 0. The number of piperidine rings is 2. The third-order valence-electron chi connectivity index (χ3n) is 2.66. The van der Waals surface area contributed by atoms with Crippen LogP contribution in [-0.4, -0.2) is 36.2 Å². The molecule has 1 N–H and O–H groups in total. The third-order valence-corrected chi connectivity index (χ3v) is 2.66. The summed E-state index contributed by atoms with van der Waals surface area (Å²) < 4.78 is 0. The van der Waals surface area contributed by atoms with Crippen LogP contribution in [0.1, 0.15) is 6.42 Å². The lowest BCUT2D eigenvalue weighted by Crippen LogP contribution is -2.57. The summed E-state index contributed by atoms with van der Waals surface area (Å²) in [5.41, 5.74) is 0. The van der Waals surface area contributed by atoms with E-state index in [0.29, 0.717) is 11.8 Å². The van der Waals surface area contributed by atoms with Gasteiger partial charge in [0, 0.05) is 13.1 Å². The lowest BCUT2D eigenvalue weighted by atomic mass is 9.68. The summed E-state index contributed by atoms with van der Waals surface area (Å²) in [7, 11) is 2.13. The van der Waals surface area contributed by atoms with Crippen LogP contribution in [0.5, 0.6) is 0 Å². The van der Waals surface area contributed by atoms with E-state index in [9.17, 15) is 5.11 Å². The molecular formula is C7H13NO. The molecule has 1 aliphatic carbocycles. The molecule has 9 heavy (non-hydrogen) atoms. The number of nitrogens with zero attached hydrogens (tertiary/aromatic N) is 1. The lowest BCUT2D eigenvalue weighted by molar-refractivity contribution is -0.101. The van der Waals surface area contributed by atoms with Gasteiger partial charge in [0.05, 0.1) is 6.10 Å². The highest BCUT2D eigenvalue weighted by atomic mass is 16.3. The summed E-state index contributed by atoms with van der Waals surface area (Å²) in [5, 5.41) is 9.32. The van der Waals surface area contributed by atoms with Crippen molar-refractivity contribution in [1.29, 1.82) is 0 Å². The summed E-state index contributed by atoms with van der Waals surface area (Å²) in [4.78, 5) is 2.31. The lowest BCUT2D eigenvalue weighted by Gasteiger charge is -2.50. The molecule has 3 aliphatic rings. The van der Waals surface area contributed by atoms with E-state index in [2.05, 4.69) is 11.9 Å². The Balaban J connectivity index is 2.01. The highest BCUT2D eigenvalue weighted by Gasteiger charge is 2.44. The molecule has 2 unspecified atom stereocenters. The average molecular weight is 127 g/mol. The fourth-order valence-electron chi connectivity index (χ4n) is 2.10. The van der Waals surface area contributed by atoms with Crippen molar-refractivity contribution in [2.45, 2.75) is 12.5 Å². The molecule has 52 valence electrons. The van der Waals surface area contributed by atoms with Crippen molar-refractivity contribution in [3.05, 3.63) is 0 Å². The zero-order valence-electron chi connectivity index (χ0n) is 5.75. The van der Waals surface area contributed by atoms with Gasteiger partial charge in [0.2, 0.25) is 0 Å². The van der Waals surface area contributed by atoms with Gasteiger partial charge in [-0.05, 0) is 25.3 Å². The van der Waals surface area contributed by atoms with E-state index in [1.807, 2.05) is 0 Å². The maximum Gasteiger partial charge on any atom is 0.0621 e. The Morgan fingerprint density at radius 3 is 2.22 bits per heavy atom. The van der Waals surface area contributed by atoms with Crippen molar-refractivity contribution in [3.8, 4) is 0 Å². The largest absolute Gasteiger partial charge is 0.392 e. The minimum absolute atomic E-state index is 0.0428. The highest BCUT2D eigenvalue weighted by Crippen LogP contribution is 2.38. The Labute approximate surface area is 55.5 Å². The van der Waals surface area contributed by atoms with Gasteiger partial charge in [-0.2, -0.15) is 0 Å². The molecule has 0 aromatic carbocycles. The molecule has 2 heteroatoms. The molecule has 0 radical (unpaired) electrons. The second kappa shape index (κ2) is 1.70. The highest BCUT2D eigenvalue weighted by molar-refractivity contribution is 4.96. The van der Waals surface area contributed by atoms with Gasteiger partial charge < -0.3 is 10.0 Å². The number of rotatable bonds is 0. The second-order valence-electron chi connectivity index (χ2n) is 3.47. The van der Waals surface area contributed by atoms with Crippen molar-refractivity contribution < 1.29 is 5.11 Å². The van der Waals surface area contributed by atoms with E-state index in [1.165, 1.54) is 6.42 Å². The molecule has 2 bridgehead atoms. The summed E-state index contributed by atoms with van der Waals surface area (Å²) in [5.74, 6) is 1.21. The van der Waals surface area contributed by atoms with Gasteiger partial charge in [-0.1, -0.05) is 0 Å². The normalized spacial score (nSPS) is 50.7. The van der Waals surface area contributed by atoms with Gasteiger partial charge in [0.1, 0.15) is 0 Å². The minimum atomic E-state index is 0.0428. The molecule has 0 aromatic rings. The first kappa shape index (κ1) is 5.69. The Hall–Kier alpha value is -0.0800. The second-order valence-corrected chi connectivity index (χ2v) is 3.47. The van der Waals surface area contributed by atoms with E-state index in [-0.39, 0.29) is 6.10 Å². The van der Waals surface area contributed by atoms with Crippen LogP contribution >= 0.6 is 0 Å². The first-order valence-electron chi connectivity index (χ1n) is 3.64.